The lowest BCUT2D eigenvalue weighted by atomic mass is 9.97. The minimum absolute atomic E-state index is 0.172. The Bertz CT molecular complexity index is 1350. The molecular weight excluding hydrogens is 460 g/mol. The monoisotopic (exact) mass is 484 g/mol. The van der Waals surface area contributed by atoms with Crippen molar-refractivity contribution in [3.63, 3.8) is 0 Å². The lowest BCUT2D eigenvalue weighted by Crippen LogP contribution is -2.13. The highest BCUT2D eigenvalue weighted by Gasteiger charge is 2.14. The van der Waals surface area contributed by atoms with Crippen molar-refractivity contribution < 1.29 is 9.59 Å². The fourth-order valence-corrected chi connectivity index (χ4v) is 3.83. The molecule has 2 amide bonds. The van der Waals surface area contributed by atoms with Crippen molar-refractivity contribution in [1.29, 1.82) is 0 Å². The summed E-state index contributed by atoms with van der Waals surface area (Å²) >= 11 is 6.03. The maximum Gasteiger partial charge on any atom is 0.256 e. The molecule has 0 bridgehead atoms. The highest BCUT2D eigenvalue weighted by molar-refractivity contribution is 6.30. The number of carbonyl (C=O) groups is 2. The lowest BCUT2D eigenvalue weighted by molar-refractivity contribution is -0.114. The van der Waals surface area contributed by atoms with Gasteiger partial charge in [-0.1, -0.05) is 53.6 Å². The van der Waals surface area contributed by atoms with Gasteiger partial charge >= 0.3 is 0 Å². The fraction of sp³-hybridized carbons (Fsp3) is 0.143. The Hall–Kier alpha value is -4.03. The van der Waals surface area contributed by atoms with Gasteiger partial charge < -0.3 is 5.32 Å². The summed E-state index contributed by atoms with van der Waals surface area (Å²) in [7, 11) is 0. The molecule has 1 aromatic heterocycles. The lowest BCUT2D eigenvalue weighted by Gasteiger charge is -2.12. The average Bonchev–Trinajstić information content (AvgIpc) is 2.84. The third-order valence-corrected chi connectivity index (χ3v) is 5.71. The number of anilines is 2. The summed E-state index contributed by atoms with van der Waals surface area (Å²) in [6.45, 7) is 3.43. The Labute approximate surface area is 209 Å². The number of aromatic nitrogens is 2. The van der Waals surface area contributed by atoms with Crippen molar-refractivity contribution in [3.8, 4) is 11.1 Å². The molecule has 0 atom stereocenters. The smallest absolute Gasteiger partial charge is 0.256 e. The van der Waals surface area contributed by atoms with Crippen molar-refractivity contribution in [2.75, 3.05) is 10.6 Å². The Kier molecular flexibility index (Phi) is 7.53. The van der Waals surface area contributed by atoms with E-state index in [1.54, 1.807) is 6.20 Å². The summed E-state index contributed by atoms with van der Waals surface area (Å²) in [5.74, 6) is -0.0676. The van der Waals surface area contributed by atoms with Crippen molar-refractivity contribution in [2.24, 2.45) is 0 Å². The highest BCUT2D eigenvalue weighted by atomic mass is 35.5. The van der Waals surface area contributed by atoms with Crippen molar-refractivity contribution >= 4 is 35.1 Å². The molecule has 1 heterocycles. The molecule has 6 nitrogen and oxygen atoms in total. The molecule has 4 aromatic rings. The van der Waals surface area contributed by atoms with Crippen LogP contribution in [0.4, 0.5) is 11.6 Å². The Morgan fingerprint density at radius 2 is 1.63 bits per heavy atom. The first kappa shape index (κ1) is 24.1. The van der Waals surface area contributed by atoms with E-state index in [-0.39, 0.29) is 11.8 Å². The van der Waals surface area contributed by atoms with Crippen LogP contribution in [0, 0.1) is 6.92 Å². The molecule has 7 heteroatoms. The van der Waals surface area contributed by atoms with E-state index in [4.69, 9.17) is 11.6 Å². The standard InChI is InChI=1S/C28H25ClN4O2/c1-18-3-14-25(26(17-18)21-7-9-22(29)10-8-21)27(35)32-23-11-4-20(5-12-23)6-13-24-15-16-30-28(33-24)31-19(2)34/h3-5,7-12,14-17H,6,13H2,1-2H3,(H,32,35)(H,30,31,33,34). The molecule has 176 valence electrons. The van der Waals surface area contributed by atoms with E-state index in [0.717, 1.165) is 40.1 Å². The van der Waals surface area contributed by atoms with Gasteiger partial charge in [-0.15, -0.1) is 0 Å². The summed E-state index contributed by atoms with van der Waals surface area (Å²) in [5, 5.41) is 6.25. The van der Waals surface area contributed by atoms with Crippen molar-refractivity contribution in [3.05, 3.63) is 106 Å². The first-order valence-corrected chi connectivity index (χ1v) is 11.6. The van der Waals surface area contributed by atoms with Crippen molar-refractivity contribution in [1.82, 2.24) is 9.97 Å². The SMILES string of the molecule is CC(=O)Nc1nccc(CCc2ccc(NC(=O)c3ccc(C)cc3-c3ccc(Cl)cc3)cc2)n1. The second-order valence-electron chi connectivity index (χ2n) is 8.26. The van der Waals surface area contributed by atoms with Gasteiger partial charge in [0.15, 0.2) is 0 Å². The number of benzene rings is 3. The number of amides is 2. The molecular formula is C28H25ClN4O2. The van der Waals surface area contributed by atoms with Crippen LogP contribution in [-0.4, -0.2) is 21.8 Å². The van der Waals surface area contributed by atoms with E-state index in [9.17, 15) is 9.59 Å². The van der Waals surface area contributed by atoms with Gasteiger partial charge in [0, 0.05) is 35.1 Å². The van der Waals surface area contributed by atoms with E-state index in [0.29, 0.717) is 23.0 Å². The van der Waals surface area contributed by atoms with E-state index in [1.807, 2.05) is 79.7 Å². The third-order valence-electron chi connectivity index (χ3n) is 5.46. The molecule has 35 heavy (non-hydrogen) atoms. The molecule has 3 aromatic carbocycles. The van der Waals surface area contributed by atoms with Crippen molar-refractivity contribution in [2.45, 2.75) is 26.7 Å². The zero-order valence-corrected chi connectivity index (χ0v) is 20.3. The maximum absolute atomic E-state index is 13.1. The molecule has 0 saturated carbocycles. The number of aryl methyl sites for hydroxylation is 3. The third kappa shape index (κ3) is 6.52. The number of hydrogen-bond acceptors (Lipinski definition) is 4. The van der Waals surface area contributed by atoms with Gasteiger partial charge in [0.2, 0.25) is 11.9 Å². The molecule has 0 unspecified atom stereocenters. The second kappa shape index (κ2) is 10.9. The van der Waals surface area contributed by atoms with Crippen LogP contribution in [0.1, 0.15) is 34.1 Å². The molecule has 2 N–H and O–H groups in total. The fourth-order valence-electron chi connectivity index (χ4n) is 3.70. The minimum atomic E-state index is -0.203. The Balaban J connectivity index is 1.43. The predicted octanol–water partition coefficient (Wildman–Crippen LogP) is 6.10. The molecule has 0 saturated heterocycles. The summed E-state index contributed by atoms with van der Waals surface area (Å²) < 4.78 is 0. The molecule has 0 aliphatic carbocycles. The van der Waals surface area contributed by atoms with Gasteiger partial charge in [-0.2, -0.15) is 0 Å². The average molecular weight is 485 g/mol. The Morgan fingerprint density at radius 1 is 0.886 bits per heavy atom. The van der Waals surface area contributed by atoms with Crippen LogP contribution in [0.25, 0.3) is 11.1 Å². The number of nitrogens with zero attached hydrogens (tertiary/aromatic N) is 2. The number of nitrogens with one attached hydrogen (secondary N) is 2. The molecule has 0 spiro atoms. The van der Waals surface area contributed by atoms with Gasteiger partial charge in [-0.25, -0.2) is 9.97 Å². The van der Waals surface area contributed by atoms with Crippen LogP contribution in [0.3, 0.4) is 0 Å². The minimum Gasteiger partial charge on any atom is -0.322 e. The quantitative estimate of drug-likeness (QED) is 0.332. The van der Waals surface area contributed by atoms with Crippen LogP contribution >= 0.6 is 11.6 Å². The van der Waals surface area contributed by atoms with Crippen LogP contribution in [0.2, 0.25) is 5.02 Å². The zero-order chi connectivity index (χ0) is 24.8. The normalized spacial score (nSPS) is 10.6. The molecule has 0 fully saturated rings. The van der Waals surface area contributed by atoms with Crippen LogP contribution < -0.4 is 10.6 Å². The van der Waals surface area contributed by atoms with Crippen LogP contribution in [0.5, 0.6) is 0 Å². The topological polar surface area (TPSA) is 84.0 Å². The van der Waals surface area contributed by atoms with Gasteiger partial charge in [-0.05, 0) is 72.9 Å². The van der Waals surface area contributed by atoms with Gasteiger partial charge in [0.05, 0.1) is 0 Å². The zero-order valence-electron chi connectivity index (χ0n) is 19.5. The number of rotatable bonds is 7. The first-order chi connectivity index (χ1) is 16.9. The molecule has 4 rings (SSSR count). The summed E-state index contributed by atoms with van der Waals surface area (Å²) in [4.78, 5) is 32.7. The van der Waals surface area contributed by atoms with Gasteiger partial charge in [-0.3, -0.25) is 14.9 Å². The van der Waals surface area contributed by atoms with Crippen LogP contribution in [-0.2, 0) is 17.6 Å². The van der Waals surface area contributed by atoms with Gasteiger partial charge in [0.1, 0.15) is 0 Å². The second-order valence-corrected chi connectivity index (χ2v) is 8.70. The van der Waals surface area contributed by atoms with Gasteiger partial charge in [0.25, 0.3) is 5.91 Å². The number of halogens is 1. The summed E-state index contributed by atoms with van der Waals surface area (Å²) in [6.07, 6.45) is 3.10. The Morgan fingerprint density at radius 3 is 2.34 bits per heavy atom. The van der Waals surface area contributed by atoms with E-state index in [1.165, 1.54) is 6.92 Å². The number of carbonyl (C=O) groups excluding carboxylic acids is 2. The maximum atomic E-state index is 13.1. The predicted molar refractivity (Wildman–Crippen MR) is 140 cm³/mol. The first-order valence-electron chi connectivity index (χ1n) is 11.2. The van der Waals surface area contributed by atoms with E-state index < -0.39 is 0 Å². The summed E-state index contributed by atoms with van der Waals surface area (Å²) in [6, 6.07) is 22.9. The highest BCUT2D eigenvalue weighted by Crippen LogP contribution is 2.27. The van der Waals surface area contributed by atoms with E-state index in [2.05, 4.69) is 20.6 Å². The summed E-state index contributed by atoms with van der Waals surface area (Å²) in [5.41, 5.74) is 6.14. The molecule has 0 radical (unpaired) electrons. The molecule has 0 aliphatic rings. The van der Waals surface area contributed by atoms with Crippen LogP contribution in [0.15, 0.2) is 79.0 Å². The molecule has 0 aliphatic heterocycles. The largest absolute Gasteiger partial charge is 0.322 e. The number of hydrogen-bond donors (Lipinski definition) is 2. The van der Waals surface area contributed by atoms with E-state index >= 15 is 0 Å².